The van der Waals surface area contributed by atoms with Gasteiger partial charge in [0.1, 0.15) is 18.5 Å². The fourth-order valence-corrected chi connectivity index (χ4v) is 3.29. The summed E-state index contributed by atoms with van der Waals surface area (Å²) in [5, 5.41) is 20.9. The molecule has 0 aromatic heterocycles. The Morgan fingerprint density at radius 1 is 1.04 bits per heavy atom. The van der Waals surface area contributed by atoms with E-state index in [1.165, 1.54) is 23.3 Å². The molecule has 0 spiro atoms. The minimum atomic E-state index is -0.598. The van der Waals surface area contributed by atoms with Gasteiger partial charge in [-0.05, 0) is 24.6 Å². The number of aryl methyl sites for hydroxylation is 1. The van der Waals surface area contributed by atoms with Gasteiger partial charge in [-0.3, -0.25) is 19.9 Å². The molecule has 2 aromatic rings. The Labute approximate surface area is 165 Å². The number of piperazine rings is 1. The topological polar surface area (TPSA) is 79.1 Å². The molecule has 0 radical (unpaired) electrons. The van der Waals surface area contributed by atoms with E-state index in [-0.39, 0.29) is 12.3 Å². The van der Waals surface area contributed by atoms with Crippen molar-refractivity contribution in [3.8, 4) is 5.75 Å². The zero-order chi connectivity index (χ0) is 19.9. The number of hydrogen-bond donors (Lipinski definition) is 1. The first-order valence-corrected chi connectivity index (χ1v) is 9.55. The minimum absolute atomic E-state index is 0.0245. The first-order chi connectivity index (χ1) is 13.5. The van der Waals surface area contributed by atoms with E-state index < -0.39 is 11.0 Å². The Kier molecular flexibility index (Phi) is 6.97. The summed E-state index contributed by atoms with van der Waals surface area (Å²) in [6.45, 7) is 7.57. The maximum atomic E-state index is 10.7. The number of β-amino-alcohol motifs (C(OH)–C–C–N with tert-alkyl or cyclic N) is 1. The van der Waals surface area contributed by atoms with Crippen molar-refractivity contribution in [2.45, 2.75) is 19.6 Å². The highest BCUT2D eigenvalue weighted by molar-refractivity contribution is 5.35. The van der Waals surface area contributed by atoms with Crippen LogP contribution in [0, 0.1) is 17.0 Å². The fourth-order valence-electron chi connectivity index (χ4n) is 3.29. The van der Waals surface area contributed by atoms with E-state index in [2.05, 4.69) is 41.0 Å². The maximum Gasteiger partial charge on any atom is 0.269 e. The summed E-state index contributed by atoms with van der Waals surface area (Å²) >= 11 is 0. The molecule has 1 fully saturated rings. The van der Waals surface area contributed by atoms with Crippen LogP contribution in [0.25, 0.3) is 0 Å². The smallest absolute Gasteiger partial charge is 0.269 e. The molecule has 3 rings (SSSR count). The Balaban J connectivity index is 1.36. The SMILES string of the molecule is Cc1ccc(CN2CCN(CC(O)COc3ccc([N+](=O)[O-])cc3)CC2)cc1. The Morgan fingerprint density at radius 3 is 2.25 bits per heavy atom. The van der Waals surface area contributed by atoms with Gasteiger partial charge in [-0.1, -0.05) is 29.8 Å². The summed E-state index contributed by atoms with van der Waals surface area (Å²) in [5.41, 5.74) is 2.63. The van der Waals surface area contributed by atoms with Gasteiger partial charge in [0, 0.05) is 51.4 Å². The maximum absolute atomic E-state index is 10.7. The molecule has 0 amide bonds. The number of ether oxygens (including phenoxy) is 1. The highest BCUT2D eigenvalue weighted by Gasteiger charge is 2.19. The van der Waals surface area contributed by atoms with E-state index in [4.69, 9.17) is 4.74 Å². The fraction of sp³-hybridized carbons (Fsp3) is 0.429. The predicted octanol–water partition coefficient (Wildman–Crippen LogP) is 2.46. The molecule has 7 nitrogen and oxygen atoms in total. The molecule has 28 heavy (non-hydrogen) atoms. The number of aliphatic hydroxyl groups excluding tert-OH is 1. The van der Waals surface area contributed by atoms with Crippen LogP contribution in [0.4, 0.5) is 5.69 Å². The van der Waals surface area contributed by atoms with E-state index in [1.54, 1.807) is 12.1 Å². The molecule has 1 aliphatic heterocycles. The Hall–Kier alpha value is -2.48. The molecular weight excluding hydrogens is 358 g/mol. The summed E-state index contributed by atoms with van der Waals surface area (Å²) in [5.74, 6) is 0.521. The number of non-ortho nitro benzene ring substituents is 1. The molecular formula is C21H27N3O4. The highest BCUT2D eigenvalue weighted by atomic mass is 16.6. The second-order valence-corrected chi connectivity index (χ2v) is 7.28. The van der Waals surface area contributed by atoms with Crippen molar-refractivity contribution in [1.82, 2.24) is 9.80 Å². The molecule has 0 bridgehead atoms. The molecule has 1 unspecified atom stereocenters. The van der Waals surface area contributed by atoms with Crippen LogP contribution in [0.3, 0.4) is 0 Å². The highest BCUT2D eigenvalue weighted by Crippen LogP contribution is 2.17. The van der Waals surface area contributed by atoms with E-state index in [1.807, 2.05) is 0 Å². The summed E-state index contributed by atoms with van der Waals surface area (Å²) in [7, 11) is 0. The Bertz CT molecular complexity index is 756. The van der Waals surface area contributed by atoms with E-state index in [0.29, 0.717) is 12.3 Å². The standard InChI is InChI=1S/C21H27N3O4/c1-17-2-4-18(5-3-17)14-22-10-12-23(13-11-22)15-20(25)16-28-21-8-6-19(7-9-21)24(26)27/h2-9,20,25H,10-16H2,1H3. The van der Waals surface area contributed by atoms with Crippen molar-refractivity contribution in [1.29, 1.82) is 0 Å². The third kappa shape index (κ3) is 6.02. The zero-order valence-corrected chi connectivity index (χ0v) is 16.2. The number of rotatable bonds is 8. The van der Waals surface area contributed by atoms with Gasteiger partial charge in [0.25, 0.3) is 5.69 Å². The first kappa shape index (κ1) is 20.3. The lowest BCUT2D eigenvalue weighted by Crippen LogP contribution is -2.48. The molecule has 0 saturated carbocycles. The van der Waals surface area contributed by atoms with Gasteiger partial charge in [-0.15, -0.1) is 0 Å². The van der Waals surface area contributed by atoms with Gasteiger partial charge in [-0.2, -0.15) is 0 Å². The lowest BCUT2D eigenvalue weighted by Gasteiger charge is -2.35. The number of nitro groups is 1. The molecule has 1 N–H and O–H groups in total. The van der Waals surface area contributed by atoms with Gasteiger partial charge in [0.05, 0.1) is 4.92 Å². The van der Waals surface area contributed by atoms with Crippen LogP contribution < -0.4 is 4.74 Å². The average molecular weight is 385 g/mol. The molecule has 0 aliphatic carbocycles. The number of nitrogens with zero attached hydrogens (tertiary/aromatic N) is 3. The normalized spacial score (nSPS) is 16.6. The van der Waals surface area contributed by atoms with Gasteiger partial charge >= 0.3 is 0 Å². The number of aliphatic hydroxyl groups is 1. The van der Waals surface area contributed by atoms with Gasteiger partial charge in [-0.25, -0.2) is 0 Å². The van der Waals surface area contributed by atoms with Gasteiger partial charge < -0.3 is 9.84 Å². The van der Waals surface area contributed by atoms with E-state index in [0.717, 1.165) is 32.7 Å². The van der Waals surface area contributed by atoms with Crippen LogP contribution in [0.1, 0.15) is 11.1 Å². The molecule has 1 heterocycles. The van der Waals surface area contributed by atoms with Crippen molar-refractivity contribution in [2.24, 2.45) is 0 Å². The minimum Gasteiger partial charge on any atom is -0.491 e. The van der Waals surface area contributed by atoms with Crippen LogP contribution in [-0.4, -0.2) is 65.3 Å². The second kappa shape index (κ2) is 9.64. The molecule has 1 aliphatic rings. The van der Waals surface area contributed by atoms with E-state index >= 15 is 0 Å². The van der Waals surface area contributed by atoms with Crippen LogP contribution >= 0.6 is 0 Å². The summed E-state index contributed by atoms with van der Waals surface area (Å²) in [4.78, 5) is 14.9. The lowest BCUT2D eigenvalue weighted by molar-refractivity contribution is -0.384. The lowest BCUT2D eigenvalue weighted by atomic mass is 10.1. The van der Waals surface area contributed by atoms with Gasteiger partial charge in [0.15, 0.2) is 0 Å². The number of hydrogen-bond acceptors (Lipinski definition) is 6. The van der Waals surface area contributed by atoms with Crippen molar-refractivity contribution in [2.75, 3.05) is 39.3 Å². The number of nitro benzene ring substituents is 1. The summed E-state index contributed by atoms with van der Waals surface area (Å²) in [6.07, 6.45) is -0.598. The monoisotopic (exact) mass is 385 g/mol. The van der Waals surface area contributed by atoms with Crippen LogP contribution in [0.5, 0.6) is 5.75 Å². The molecule has 2 aromatic carbocycles. The van der Waals surface area contributed by atoms with Crippen molar-refractivity contribution >= 4 is 5.69 Å². The molecule has 7 heteroatoms. The first-order valence-electron chi connectivity index (χ1n) is 9.55. The second-order valence-electron chi connectivity index (χ2n) is 7.28. The van der Waals surface area contributed by atoms with Gasteiger partial charge in [0.2, 0.25) is 0 Å². The van der Waals surface area contributed by atoms with Crippen LogP contribution in [-0.2, 0) is 6.54 Å². The van der Waals surface area contributed by atoms with Crippen molar-refractivity contribution in [3.63, 3.8) is 0 Å². The summed E-state index contributed by atoms with van der Waals surface area (Å²) in [6, 6.07) is 14.6. The largest absolute Gasteiger partial charge is 0.491 e. The zero-order valence-electron chi connectivity index (χ0n) is 16.2. The molecule has 1 saturated heterocycles. The third-order valence-electron chi connectivity index (χ3n) is 4.95. The molecule has 1 atom stereocenters. The quantitative estimate of drug-likeness (QED) is 0.556. The Morgan fingerprint density at radius 2 is 1.64 bits per heavy atom. The predicted molar refractivity (Wildman–Crippen MR) is 107 cm³/mol. The van der Waals surface area contributed by atoms with Crippen molar-refractivity contribution in [3.05, 3.63) is 69.8 Å². The average Bonchev–Trinajstić information content (AvgIpc) is 2.70. The van der Waals surface area contributed by atoms with E-state index in [9.17, 15) is 15.2 Å². The third-order valence-corrected chi connectivity index (χ3v) is 4.95. The molecule has 150 valence electrons. The van der Waals surface area contributed by atoms with Crippen molar-refractivity contribution < 1.29 is 14.8 Å². The number of benzene rings is 2. The summed E-state index contributed by atoms with van der Waals surface area (Å²) < 4.78 is 5.54. The van der Waals surface area contributed by atoms with Crippen LogP contribution in [0.15, 0.2) is 48.5 Å². The van der Waals surface area contributed by atoms with Crippen LogP contribution in [0.2, 0.25) is 0 Å².